The van der Waals surface area contributed by atoms with Crippen LogP contribution in [0.25, 0.3) is 10.8 Å². The van der Waals surface area contributed by atoms with Gasteiger partial charge in [-0.3, -0.25) is 4.79 Å². The van der Waals surface area contributed by atoms with Crippen LogP contribution in [0.1, 0.15) is 21.5 Å². The smallest absolute Gasteiger partial charge is 0.282 e. The Labute approximate surface area is 192 Å². The number of hydrogen-bond donors (Lipinski definition) is 1. The summed E-state index contributed by atoms with van der Waals surface area (Å²) >= 11 is 0. The minimum Gasteiger partial charge on any atom is -0.352 e. The van der Waals surface area contributed by atoms with E-state index in [9.17, 15) is 13.2 Å². The molecule has 0 unspecified atom stereocenters. The van der Waals surface area contributed by atoms with E-state index in [1.54, 1.807) is 36.4 Å². The number of aryl methyl sites for hydroxylation is 1. The third kappa shape index (κ3) is 3.97. The second-order valence-corrected chi connectivity index (χ2v) is 9.45. The van der Waals surface area contributed by atoms with Crippen LogP contribution < -0.4 is 5.32 Å². The molecule has 4 aromatic carbocycles. The summed E-state index contributed by atoms with van der Waals surface area (Å²) in [4.78, 5) is 13.3. The Kier molecular flexibility index (Phi) is 5.15. The van der Waals surface area contributed by atoms with Crippen molar-refractivity contribution in [1.82, 2.24) is 0 Å². The summed E-state index contributed by atoms with van der Waals surface area (Å²) in [6.07, 6.45) is 1.51. The number of allylic oxidation sites excluding steroid dienone is 2. The molecule has 4 aromatic rings. The predicted octanol–water partition coefficient (Wildman–Crippen LogP) is 5.52. The standard InChI is InChI=1S/C27H20N2O3S/c1-18-13-15-20(16-14-18)33(31,32)29-25-17-26(27(30)23-11-5-4-10-22(23)25)28-24-12-6-8-19-7-2-3-9-21(19)24/h2-17,28H,1H3/b29-25+. The molecule has 0 saturated carbocycles. The number of Topliss-reactive ketones (excluding diaryl/α,β-unsaturated/α-hetero) is 1. The molecule has 0 fully saturated rings. The van der Waals surface area contributed by atoms with Crippen LogP contribution in [0, 0.1) is 6.92 Å². The molecule has 0 radical (unpaired) electrons. The molecule has 0 aliphatic heterocycles. The molecule has 162 valence electrons. The first kappa shape index (κ1) is 20.8. The number of carbonyl (C=O) groups is 1. The highest BCUT2D eigenvalue weighted by atomic mass is 32.2. The second kappa shape index (κ2) is 8.15. The first-order chi connectivity index (χ1) is 15.9. The van der Waals surface area contributed by atoms with E-state index >= 15 is 0 Å². The van der Waals surface area contributed by atoms with Crippen molar-refractivity contribution >= 4 is 38.0 Å². The Bertz CT molecular complexity index is 1560. The Morgan fingerprint density at radius 3 is 2.21 bits per heavy atom. The van der Waals surface area contributed by atoms with Gasteiger partial charge < -0.3 is 5.32 Å². The number of nitrogens with zero attached hydrogens (tertiary/aromatic N) is 1. The van der Waals surface area contributed by atoms with E-state index in [0.29, 0.717) is 11.1 Å². The average Bonchev–Trinajstić information content (AvgIpc) is 2.82. The third-order valence-electron chi connectivity index (χ3n) is 5.57. The molecule has 0 amide bonds. The molecule has 5 nitrogen and oxygen atoms in total. The molecule has 0 atom stereocenters. The summed E-state index contributed by atoms with van der Waals surface area (Å²) in [6, 6.07) is 27.1. The van der Waals surface area contributed by atoms with Crippen LogP contribution >= 0.6 is 0 Å². The lowest BCUT2D eigenvalue weighted by Crippen LogP contribution is -2.22. The van der Waals surface area contributed by atoms with Gasteiger partial charge in [0.1, 0.15) is 0 Å². The number of carbonyl (C=O) groups excluding carboxylic acids is 1. The number of sulfonamides is 1. The average molecular weight is 453 g/mol. The van der Waals surface area contributed by atoms with E-state index in [0.717, 1.165) is 22.0 Å². The van der Waals surface area contributed by atoms with Gasteiger partial charge in [-0.05, 0) is 36.6 Å². The van der Waals surface area contributed by atoms with Gasteiger partial charge >= 0.3 is 0 Å². The van der Waals surface area contributed by atoms with Crippen LogP contribution in [0.2, 0.25) is 0 Å². The maximum absolute atomic E-state index is 13.2. The van der Waals surface area contributed by atoms with Crippen molar-refractivity contribution in [1.29, 1.82) is 0 Å². The summed E-state index contributed by atoms with van der Waals surface area (Å²) in [5.74, 6) is -0.217. The molecule has 0 spiro atoms. The monoisotopic (exact) mass is 452 g/mol. The molecule has 0 heterocycles. The molecule has 5 rings (SSSR count). The van der Waals surface area contributed by atoms with Crippen molar-refractivity contribution in [3.05, 3.63) is 119 Å². The van der Waals surface area contributed by atoms with Gasteiger partial charge in [0.25, 0.3) is 10.0 Å². The summed E-state index contributed by atoms with van der Waals surface area (Å²) in [5, 5.41) is 5.20. The van der Waals surface area contributed by atoms with Gasteiger partial charge in [0.05, 0.1) is 16.3 Å². The Morgan fingerprint density at radius 1 is 0.758 bits per heavy atom. The SMILES string of the molecule is Cc1ccc(S(=O)(=O)/N=C2\C=C(Nc3cccc4ccccc34)C(=O)c3ccccc32)cc1. The fourth-order valence-electron chi connectivity index (χ4n) is 3.87. The molecule has 0 aromatic heterocycles. The summed E-state index contributed by atoms with van der Waals surface area (Å²) in [7, 11) is -3.96. The highest BCUT2D eigenvalue weighted by Crippen LogP contribution is 2.28. The lowest BCUT2D eigenvalue weighted by molar-refractivity contribution is 0.103. The van der Waals surface area contributed by atoms with Crippen LogP contribution in [0.5, 0.6) is 0 Å². The first-order valence-corrected chi connectivity index (χ1v) is 11.9. The Morgan fingerprint density at radius 2 is 1.42 bits per heavy atom. The number of benzene rings is 4. The molecule has 1 N–H and O–H groups in total. The van der Waals surface area contributed by atoms with E-state index in [1.807, 2.05) is 49.4 Å². The van der Waals surface area contributed by atoms with E-state index in [1.165, 1.54) is 18.2 Å². The largest absolute Gasteiger partial charge is 0.352 e. The Balaban J connectivity index is 1.63. The van der Waals surface area contributed by atoms with Crippen LogP contribution in [0.4, 0.5) is 5.69 Å². The van der Waals surface area contributed by atoms with E-state index < -0.39 is 10.0 Å². The molecule has 33 heavy (non-hydrogen) atoms. The van der Waals surface area contributed by atoms with Crippen LogP contribution in [0.3, 0.4) is 0 Å². The van der Waals surface area contributed by atoms with Crippen molar-refractivity contribution in [2.75, 3.05) is 5.32 Å². The number of hydrogen-bond acceptors (Lipinski definition) is 4. The highest BCUT2D eigenvalue weighted by molar-refractivity contribution is 7.90. The minimum absolute atomic E-state index is 0.104. The second-order valence-electron chi connectivity index (χ2n) is 7.85. The van der Waals surface area contributed by atoms with E-state index in [-0.39, 0.29) is 22.1 Å². The Hall–Kier alpha value is -4.03. The van der Waals surface area contributed by atoms with Gasteiger partial charge in [-0.25, -0.2) is 0 Å². The fraction of sp³-hybridized carbons (Fsp3) is 0.0370. The summed E-state index contributed by atoms with van der Waals surface area (Å²) in [5.41, 5.74) is 3.09. The lowest BCUT2D eigenvalue weighted by atomic mass is 9.92. The summed E-state index contributed by atoms with van der Waals surface area (Å²) < 4.78 is 30.2. The molecule has 1 aliphatic rings. The van der Waals surface area contributed by atoms with Gasteiger partial charge in [0.2, 0.25) is 5.78 Å². The van der Waals surface area contributed by atoms with Crippen LogP contribution in [-0.2, 0) is 10.0 Å². The maximum atomic E-state index is 13.2. The zero-order valence-corrected chi connectivity index (χ0v) is 18.6. The number of ketones is 1. The first-order valence-electron chi connectivity index (χ1n) is 10.4. The van der Waals surface area contributed by atoms with Gasteiger partial charge in [0.15, 0.2) is 0 Å². The summed E-state index contributed by atoms with van der Waals surface area (Å²) in [6.45, 7) is 1.89. The topological polar surface area (TPSA) is 75.6 Å². The fourth-order valence-corrected chi connectivity index (χ4v) is 4.87. The zero-order valence-electron chi connectivity index (χ0n) is 17.8. The van der Waals surface area contributed by atoms with Gasteiger partial charge in [-0.15, -0.1) is 0 Å². The van der Waals surface area contributed by atoms with Crippen molar-refractivity contribution in [2.24, 2.45) is 4.40 Å². The predicted molar refractivity (Wildman–Crippen MR) is 131 cm³/mol. The molecular formula is C27H20N2O3S. The lowest BCUT2D eigenvalue weighted by Gasteiger charge is -2.19. The molecule has 0 saturated heterocycles. The van der Waals surface area contributed by atoms with Gasteiger partial charge in [-0.1, -0.05) is 78.4 Å². The number of anilines is 1. The number of fused-ring (bicyclic) bond motifs is 2. The number of nitrogens with one attached hydrogen (secondary N) is 1. The van der Waals surface area contributed by atoms with Gasteiger partial charge in [-0.2, -0.15) is 12.8 Å². The molecule has 6 heteroatoms. The molecule has 0 bridgehead atoms. The van der Waals surface area contributed by atoms with Crippen molar-refractivity contribution in [2.45, 2.75) is 11.8 Å². The van der Waals surface area contributed by atoms with Crippen molar-refractivity contribution in [3.8, 4) is 0 Å². The molecular weight excluding hydrogens is 432 g/mol. The minimum atomic E-state index is -3.96. The highest BCUT2D eigenvalue weighted by Gasteiger charge is 2.26. The van der Waals surface area contributed by atoms with Crippen molar-refractivity contribution in [3.63, 3.8) is 0 Å². The number of rotatable bonds is 4. The zero-order chi connectivity index (χ0) is 23.0. The third-order valence-corrected chi connectivity index (χ3v) is 6.87. The van der Waals surface area contributed by atoms with Crippen LogP contribution in [0.15, 0.2) is 112 Å². The van der Waals surface area contributed by atoms with Crippen molar-refractivity contribution < 1.29 is 13.2 Å². The van der Waals surface area contributed by atoms with Gasteiger partial charge in [0, 0.05) is 22.2 Å². The van der Waals surface area contributed by atoms with Crippen LogP contribution in [-0.4, -0.2) is 19.9 Å². The van der Waals surface area contributed by atoms with E-state index in [2.05, 4.69) is 9.71 Å². The van der Waals surface area contributed by atoms with E-state index in [4.69, 9.17) is 0 Å². The normalized spacial score (nSPS) is 14.8. The maximum Gasteiger partial charge on any atom is 0.282 e. The molecule has 1 aliphatic carbocycles. The quantitative estimate of drug-likeness (QED) is 0.442.